The second-order valence-corrected chi connectivity index (χ2v) is 5.18. The summed E-state index contributed by atoms with van der Waals surface area (Å²) in [6.07, 6.45) is 8.99. The van der Waals surface area contributed by atoms with E-state index >= 15 is 0 Å². The van der Waals surface area contributed by atoms with Crippen LogP contribution in [0.3, 0.4) is 0 Å². The quantitative estimate of drug-likeness (QED) is 0.564. The van der Waals surface area contributed by atoms with E-state index in [-0.39, 0.29) is 5.91 Å². The molecule has 0 aromatic heterocycles. The summed E-state index contributed by atoms with van der Waals surface area (Å²) in [5, 5.41) is 4.30. The predicted molar refractivity (Wildman–Crippen MR) is 65.2 cm³/mol. The van der Waals surface area contributed by atoms with Gasteiger partial charge in [0.15, 0.2) is 0 Å². The highest BCUT2D eigenvalue weighted by atomic mass is 16.2. The Kier molecular flexibility index (Phi) is 3.97. The molecule has 2 rings (SSSR count). The summed E-state index contributed by atoms with van der Waals surface area (Å²) in [5.41, 5.74) is 3.97. The van der Waals surface area contributed by atoms with E-state index < -0.39 is 0 Å². The molecule has 90 valence electrons. The number of nitrogens with zero attached hydrogens (tertiary/aromatic N) is 1. The third-order valence-electron chi connectivity index (χ3n) is 3.84. The van der Waals surface area contributed by atoms with Crippen LogP contribution in [-0.2, 0) is 4.79 Å². The summed E-state index contributed by atoms with van der Waals surface area (Å²) in [7, 11) is 0. The van der Waals surface area contributed by atoms with Crippen molar-refractivity contribution >= 4 is 11.6 Å². The molecule has 16 heavy (non-hydrogen) atoms. The first-order valence-electron chi connectivity index (χ1n) is 6.65. The van der Waals surface area contributed by atoms with Crippen LogP contribution in [0.5, 0.6) is 0 Å². The monoisotopic (exact) mass is 222 g/mol. The molecular weight excluding hydrogens is 200 g/mol. The van der Waals surface area contributed by atoms with Gasteiger partial charge in [-0.2, -0.15) is 5.10 Å². The zero-order valence-corrected chi connectivity index (χ0v) is 10.2. The summed E-state index contributed by atoms with van der Waals surface area (Å²) in [6.45, 7) is 2.15. The van der Waals surface area contributed by atoms with Crippen molar-refractivity contribution < 1.29 is 4.79 Å². The van der Waals surface area contributed by atoms with Gasteiger partial charge in [0.1, 0.15) is 0 Å². The summed E-state index contributed by atoms with van der Waals surface area (Å²) >= 11 is 0. The van der Waals surface area contributed by atoms with Crippen molar-refractivity contribution in [3.8, 4) is 0 Å². The van der Waals surface area contributed by atoms with Gasteiger partial charge in [-0.1, -0.05) is 19.8 Å². The lowest BCUT2D eigenvalue weighted by Crippen LogP contribution is -2.21. The lowest BCUT2D eigenvalue weighted by atomic mass is 9.99. The van der Waals surface area contributed by atoms with Crippen molar-refractivity contribution in [3.63, 3.8) is 0 Å². The molecule has 2 aliphatic carbocycles. The van der Waals surface area contributed by atoms with Gasteiger partial charge >= 0.3 is 0 Å². The fraction of sp³-hybridized carbons (Fsp3) is 0.846. The van der Waals surface area contributed by atoms with Crippen molar-refractivity contribution in [2.75, 3.05) is 0 Å². The normalized spacial score (nSPS) is 29.9. The zero-order chi connectivity index (χ0) is 11.4. The molecule has 0 aromatic carbocycles. The number of unbranched alkanes of at least 4 members (excludes halogenated alkanes) is 2. The van der Waals surface area contributed by atoms with Crippen LogP contribution in [0.25, 0.3) is 0 Å². The van der Waals surface area contributed by atoms with E-state index in [4.69, 9.17) is 0 Å². The lowest BCUT2D eigenvalue weighted by Gasteiger charge is -2.11. The topological polar surface area (TPSA) is 41.5 Å². The molecule has 2 bridgehead atoms. The van der Waals surface area contributed by atoms with E-state index in [1.165, 1.54) is 25.0 Å². The molecule has 1 amide bonds. The van der Waals surface area contributed by atoms with Crippen LogP contribution < -0.4 is 5.43 Å². The van der Waals surface area contributed by atoms with E-state index in [9.17, 15) is 4.79 Å². The van der Waals surface area contributed by atoms with Crippen LogP contribution in [0, 0.1) is 11.8 Å². The molecule has 3 heteroatoms. The largest absolute Gasteiger partial charge is 0.273 e. The Morgan fingerprint density at radius 3 is 2.94 bits per heavy atom. The number of hydrazone groups is 1. The van der Waals surface area contributed by atoms with Gasteiger partial charge in [-0.15, -0.1) is 0 Å². The minimum Gasteiger partial charge on any atom is -0.273 e. The molecular formula is C13H22N2O. The third-order valence-corrected chi connectivity index (χ3v) is 3.84. The van der Waals surface area contributed by atoms with Crippen LogP contribution in [0.2, 0.25) is 0 Å². The molecule has 2 aliphatic rings. The highest BCUT2D eigenvalue weighted by Gasteiger charge is 2.36. The van der Waals surface area contributed by atoms with Gasteiger partial charge in [0.25, 0.3) is 0 Å². The first-order valence-corrected chi connectivity index (χ1v) is 6.65. The highest BCUT2D eigenvalue weighted by molar-refractivity contribution is 5.90. The number of nitrogens with one attached hydrogen (secondary N) is 1. The number of hydrogen-bond donors (Lipinski definition) is 1. The summed E-state index contributed by atoms with van der Waals surface area (Å²) < 4.78 is 0. The molecule has 0 radical (unpaired) electrons. The van der Waals surface area contributed by atoms with Gasteiger partial charge < -0.3 is 0 Å². The first-order chi connectivity index (χ1) is 7.79. The molecule has 0 spiro atoms. The molecule has 2 saturated carbocycles. The minimum absolute atomic E-state index is 0.0868. The van der Waals surface area contributed by atoms with Gasteiger partial charge in [-0.25, -0.2) is 5.43 Å². The second kappa shape index (κ2) is 5.46. The Morgan fingerprint density at radius 1 is 1.44 bits per heavy atom. The highest BCUT2D eigenvalue weighted by Crippen LogP contribution is 2.42. The number of carbonyl (C=O) groups excluding carboxylic acids is 1. The molecule has 2 fully saturated rings. The fourth-order valence-corrected chi connectivity index (χ4v) is 2.89. The van der Waals surface area contributed by atoms with E-state index in [0.717, 1.165) is 31.6 Å². The van der Waals surface area contributed by atoms with Gasteiger partial charge in [0.2, 0.25) is 5.91 Å². The summed E-state index contributed by atoms with van der Waals surface area (Å²) in [5.74, 6) is 1.63. The molecule has 2 unspecified atom stereocenters. The Labute approximate surface area is 97.7 Å². The van der Waals surface area contributed by atoms with Crippen molar-refractivity contribution in [3.05, 3.63) is 0 Å². The standard InChI is InChI=1S/C13H22N2O/c1-2-3-4-5-13(16)15-14-12-9-10-6-7-11(12)8-10/h10-11H,2-9H2,1H3,(H,15,16)/b14-12-. The molecule has 0 aromatic rings. The average Bonchev–Trinajstić information content (AvgIpc) is 2.88. The molecule has 0 aliphatic heterocycles. The number of amides is 1. The Morgan fingerprint density at radius 2 is 2.31 bits per heavy atom. The lowest BCUT2D eigenvalue weighted by molar-refractivity contribution is -0.121. The predicted octanol–water partition coefficient (Wildman–Crippen LogP) is 2.86. The molecule has 3 nitrogen and oxygen atoms in total. The van der Waals surface area contributed by atoms with E-state index in [1.54, 1.807) is 0 Å². The Hall–Kier alpha value is -0.860. The minimum atomic E-state index is 0.0868. The molecule has 0 saturated heterocycles. The van der Waals surface area contributed by atoms with Crippen molar-refractivity contribution in [2.24, 2.45) is 16.9 Å². The van der Waals surface area contributed by atoms with E-state index in [0.29, 0.717) is 12.3 Å². The van der Waals surface area contributed by atoms with Crippen molar-refractivity contribution in [1.29, 1.82) is 0 Å². The summed E-state index contributed by atoms with van der Waals surface area (Å²) in [6, 6.07) is 0. The maximum absolute atomic E-state index is 11.5. The number of carbonyl (C=O) groups is 1. The maximum Gasteiger partial charge on any atom is 0.240 e. The van der Waals surface area contributed by atoms with Crippen LogP contribution in [0.15, 0.2) is 5.10 Å². The van der Waals surface area contributed by atoms with Gasteiger partial charge in [-0.3, -0.25) is 4.79 Å². The number of hydrogen-bond acceptors (Lipinski definition) is 2. The molecule has 2 atom stereocenters. The van der Waals surface area contributed by atoms with Crippen LogP contribution >= 0.6 is 0 Å². The molecule has 0 heterocycles. The Balaban J connectivity index is 1.70. The van der Waals surface area contributed by atoms with E-state index in [2.05, 4.69) is 17.5 Å². The van der Waals surface area contributed by atoms with Crippen LogP contribution in [0.1, 0.15) is 58.3 Å². The van der Waals surface area contributed by atoms with Gasteiger partial charge in [0, 0.05) is 12.1 Å². The Bertz CT molecular complexity index is 286. The number of fused-ring (bicyclic) bond motifs is 2. The molecule has 1 N–H and O–H groups in total. The maximum atomic E-state index is 11.5. The van der Waals surface area contributed by atoms with Crippen LogP contribution in [0.4, 0.5) is 0 Å². The van der Waals surface area contributed by atoms with Crippen LogP contribution in [-0.4, -0.2) is 11.6 Å². The van der Waals surface area contributed by atoms with Gasteiger partial charge in [-0.05, 0) is 43.9 Å². The van der Waals surface area contributed by atoms with Crippen molar-refractivity contribution in [1.82, 2.24) is 5.43 Å². The smallest absolute Gasteiger partial charge is 0.240 e. The first kappa shape index (κ1) is 11.6. The van der Waals surface area contributed by atoms with Crippen molar-refractivity contribution in [2.45, 2.75) is 58.3 Å². The fourth-order valence-electron chi connectivity index (χ4n) is 2.89. The SMILES string of the molecule is CCCCCC(=O)N/N=C1/CC2CCC1C2. The third kappa shape index (κ3) is 2.83. The summed E-state index contributed by atoms with van der Waals surface area (Å²) in [4.78, 5) is 11.5. The van der Waals surface area contributed by atoms with Gasteiger partial charge in [0.05, 0.1) is 0 Å². The number of rotatable bonds is 5. The second-order valence-electron chi connectivity index (χ2n) is 5.18. The zero-order valence-electron chi connectivity index (χ0n) is 10.2. The van der Waals surface area contributed by atoms with E-state index in [1.807, 2.05) is 0 Å². The average molecular weight is 222 g/mol.